The molecule has 9 heteroatoms. The van der Waals surface area contributed by atoms with E-state index >= 15 is 0 Å². The average molecular weight is 396 g/mol. The highest BCUT2D eigenvalue weighted by atomic mass is 32.1. The fraction of sp³-hybridized carbons (Fsp3) is 0.333. The Hall–Kier alpha value is -2.39. The van der Waals surface area contributed by atoms with Gasteiger partial charge in [-0.1, -0.05) is 6.08 Å². The number of likely N-dealkylation sites (N-methyl/N-ethyl adjacent to an activating group) is 1. The first-order valence-corrected chi connectivity index (χ1v) is 9.24. The van der Waals surface area contributed by atoms with E-state index < -0.39 is 17.6 Å². The summed E-state index contributed by atoms with van der Waals surface area (Å²) in [6.07, 6.45) is -2.26. The summed E-state index contributed by atoms with van der Waals surface area (Å²) in [4.78, 5) is 17.9. The number of alkyl halides is 3. The number of benzene rings is 1. The van der Waals surface area contributed by atoms with Crippen LogP contribution in [0, 0.1) is 0 Å². The van der Waals surface area contributed by atoms with Crippen molar-refractivity contribution in [3.8, 4) is 0 Å². The van der Waals surface area contributed by atoms with E-state index in [2.05, 4.69) is 10.3 Å². The van der Waals surface area contributed by atoms with Crippen molar-refractivity contribution >= 4 is 28.5 Å². The molecule has 0 atom stereocenters. The van der Waals surface area contributed by atoms with Crippen LogP contribution in [0.5, 0.6) is 0 Å². The minimum absolute atomic E-state index is 0.0547. The Morgan fingerprint density at radius 1 is 1.41 bits per heavy atom. The minimum atomic E-state index is -4.56. The van der Waals surface area contributed by atoms with Crippen LogP contribution in [0.1, 0.15) is 33.6 Å². The van der Waals surface area contributed by atoms with Crippen LogP contribution in [0.25, 0.3) is 5.57 Å². The first-order valence-electron chi connectivity index (χ1n) is 8.29. The highest BCUT2D eigenvalue weighted by molar-refractivity contribution is 7.07. The second kappa shape index (κ2) is 7.69. The van der Waals surface area contributed by atoms with Gasteiger partial charge in [0.2, 0.25) is 0 Å². The van der Waals surface area contributed by atoms with Gasteiger partial charge in [-0.2, -0.15) is 13.2 Å². The molecule has 3 rings (SSSR count). The van der Waals surface area contributed by atoms with Gasteiger partial charge in [-0.3, -0.25) is 4.79 Å². The van der Waals surface area contributed by atoms with E-state index in [0.717, 1.165) is 0 Å². The summed E-state index contributed by atoms with van der Waals surface area (Å²) in [5.74, 6) is -0.521. The Balaban J connectivity index is 1.96. The molecule has 3 N–H and O–H groups in total. The average Bonchev–Trinajstić information content (AvgIpc) is 3.13. The molecule has 144 valence electrons. The quantitative estimate of drug-likeness (QED) is 0.778. The molecular weight excluding hydrogens is 377 g/mol. The maximum absolute atomic E-state index is 13.9. The van der Waals surface area contributed by atoms with Crippen molar-refractivity contribution in [3.63, 3.8) is 0 Å². The lowest BCUT2D eigenvalue weighted by molar-refractivity contribution is -0.138. The molecule has 1 amide bonds. The molecule has 1 aromatic heterocycles. The summed E-state index contributed by atoms with van der Waals surface area (Å²) >= 11 is 1.24. The third-order valence-electron chi connectivity index (χ3n) is 4.39. The predicted molar refractivity (Wildman–Crippen MR) is 99.2 cm³/mol. The van der Waals surface area contributed by atoms with Gasteiger partial charge in [-0.15, -0.1) is 11.3 Å². The monoisotopic (exact) mass is 396 g/mol. The number of aromatic nitrogens is 1. The Morgan fingerprint density at radius 2 is 2.19 bits per heavy atom. The van der Waals surface area contributed by atoms with Crippen LogP contribution in [0.4, 0.5) is 18.9 Å². The molecule has 0 unspecified atom stereocenters. The number of nitrogen functional groups attached to an aromatic ring is 1. The van der Waals surface area contributed by atoms with Gasteiger partial charge in [-0.25, -0.2) is 4.98 Å². The van der Waals surface area contributed by atoms with E-state index in [1.54, 1.807) is 6.08 Å². The van der Waals surface area contributed by atoms with Crippen molar-refractivity contribution < 1.29 is 18.0 Å². The first kappa shape index (κ1) is 19.4. The van der Waals surface area contributed by atoms with Gasteiger partial charge in [0.15, 0.2) is 0 Å². The number of amides is 1. The van der Waals surface area contributed by atoms with Crippen LogP contribution in [0.3, 0.4) is 0 Å². The number of nitrogens with two attached hydrogens (primary N) is 1. The van der Waals surface area contributed by atoms with E-state index in [4.69, 9.17) is 5.73 Å². The highest BCUT2D eigenvalue weighted by Crippen LogP contribution is 2.40. The second-order valence-electron chi connectivity index (χ2n) is 6.40. The molecule has 1 aliphatic heterocycles. The second-order valence-corrected chi connectivity index (χ2v) is 7.12. The number of thiazole rings is 1. The number of halogens is 3. The topological polar surface area (TPSA) is 71.2 Å². The highest BCUT2D eigenvalue weighted by Gasteiger charge is 2.37. The molecule has 0 aliphatic carbocycles. The van der Waals surface area contributed by atoms with Crippen LogP contribution in [0.2, 0.25) is 0 Å². The van der Waals surface area contributed by atoms with E-state index in [1.165, 1.54) is 34.4 Å². The van der Waals surface area contributed by atoms with Gasteiger partial charge < -0.3 is 16.0 Å². The number of carbonyl (C=O) groups excluding carboxylic acids is 1. The lowest BCUT2D eigenvalue weighted by Gasteiger charge is -2.25. The fourth-order valence-electron chi connectivity index (χ4n) is 3.06. The van der Waals surface area contributed by atoms with Gasteiger partial charge in [-0.05, 0) is 42.3 Å². The third kappa shape index (κ3) is 4.48. The zero-order chi connectivity index (χ0) is 19.6. The van der Waals surface area contributed by atoms with E-state index in [0.29, 0.717) is 25.1 Å². The molecule has 27 heavy (non-hydrogen) atoms. The van der Waals surface area contributed by atoms with Crippen LogP contribution in [-0.4, -0.2) is 35.9 Å². The number of carbonyl (C=O) groups is 1. The molecule has 1 aromatic carbocycles. The minimum Gasteiger partial charge on any atom is -0.399 e. The number of rotatable bonds is 4. The molecule has 2 aromatic rings. The molecule has 0 saturated heterocycles. The van der Waals surface area contributed by atoms with E-state index in [9.17, 15) is 18.0 Å². The van der Waals surface area contributed by atoms with Gasteiger partial charge in [0.05, 0.1) is 11.1 Å². The van der Waals surface area contributed by atoms with E-state index in [-0.39, 0.29) is 29.1 Å². The van der Waals surface area contributed by atoms with Crippen LogP contribution in [0.15, 0.2) is 29.1 Å². The summed E-state index contributed by atoms with van der Waals surface area (Å²) in [6.45, 7) is 0.974. The SMILES string of the molecule is CN1CC=C(c2cc(N)cc(CNC(=O)c3cscn3)c2C(F)(F)F)CC1. The molecule has 0 radical (unpaired) electrons. The molecule has 5 nitrogen and oxygen atoms in total. The van der Waals surface area contributed by atoms with Crippen molar-refractivity contribution in [2.45, 2.75) is 19.1 Å². The largest absolute Gasteiger partial charge is 0.417 e. The van der Waals surface area contributed by atoms with Crippen molar-refractivity contribution in [2.75, 3.05) is 25.9 Å². The number of hydrogen-bond acceptors (Lipinski definition) is 5. The van der Waals surface area contributed by atoms with Crippen molar-refractivity contribution in [3.05, 3.63) is 51.5 Å². The summed E-state index contributed by atoms with van der Waals surface area (Å²) in [5, 5.41) is 4.04. The third-order valence-corrected chi connectivity index (χ3v) is 4.97. The van der Waals surface area contributed by atoms with Gasteiger partial charge in [0.1, 0.15) is 5.69 Å². The summed E-state index contributed by atoms with van der Waals surface area (Å²) in [5.41, 5.74) is 7.69. The Morgan fingerprint density at radius 3 is 2.78 bits per heavy atom. The smallest absolute Gasteiger partial charge is 0.399 e. The first-order chi connectivity index (χ1) is 12.8. The molecule has 0 spiro atoms. The Bertz CT molecular complexity index is 862. The van der Waals surface area contributed by atoms with Gasteiger partial charge in [0.25, 0.3) is 5.91 Å². The molecular formula is C18H19F3N4OS. The van der Waals surface area contributed by atoms with Crippen molar-refractivity contribution in [1.82, 2.24) is 15.2 Å². The molecule has 0 fully saturated rings. The molecule has 0 bridgehead atoms. The normalized spacial score (nSPS) is 15.5. The lowest BCUT2D eigenvalue weighted by atomic mass is 9.90. The maximum Gasteiger partial charge on any atom is 0.417 e. The zero-order valence-corrected chi connectivity index (χ0v) is 15.5. The molecule has 0 saturated carbocycles. The summed E-state index contributed by atoms with van der Waals surface area (Å²) < 4.78 is 41.6. The Kier molecular flexibility index (Phi) is 5.52. The summed E-state index contributed by atoms with van der Waals surface area (Å²) in [6, 6.07) is 2.63. The lowest BCUT2D eigenvalue weighted by Crippen LogP contribution is -2.27. The van der Waals surface area contributed by atoms with E-state index in [1.807, 2.05) is 11.9 Å². The molecule has 1 aliphatic rings. The predicted octanol–water partition coefficient (Wildman–Crippen LogP) is 3.39. The number of anilines is 1. The zero-order valence-electron chi connectivity index (χ0n) is 14.6. The number of nitrogens with one attached hydrogen (secondary N) is 1. The summed E-state index contributed by atoms with van der Waals surface area (Å²) in [7, 11) is 1.91. The van der Waals surface area contributed by atoms with Crippen molar-refractivity contribution in [1.29, 1.82) is 0 Å². The number of nitrogens with zero attached hydrogens (tertiary/aromatic N) is 2. The maximum atomic E-state index is 13.9. The fourth-order valence-corrected chi connectivity index (χ4v) is 3.59. The van der Waals surface area contributed by atoms with Gasteiger partial charge >= 0.3 is 6.18 Å². The van der Waals surface area contributed by atoms with Gasteiger partial charge in [0, 0.05) is 30.7 Å². The van der Waals surface area contributed by atoms with Crippen molar-refractivity contribution in [2.24, 2.45) is 0 Å². The standard InChI is InChI=1S/C18H19F3N4OS/c1-25-4-2-11(3-5-25)14-7-13(22)6-12(16(14)18(19,20)21)8-23-17(26)15-9-27-10-24-15/h2,6-7,9-10H,3-5,8,22H2,1H3,(H,23,26). The molecule has 2 heterocycles. The van der Waals surface area contributed by atoms with Crippen LogP contribution >= 0.6 is 11.3 Å². The Labute approximate surface area is 158 Å². The van der Waals surface area contributed by atoms with Crippen LogP contribution < -0.4 is 11.1 Å². The number of hydrogen-bond donors (Lipinski definition) is 2. The van der Waals surface area contributed by atoms with Crippen LogP contribution in [-0.2, 0) is 12.7 Å².